The van der Waals surface area contributed by atoms with Gasteiger partial charge in [0.2, 0.25) is 0 Å². The van der Waals surface area contributed by atoms with Crippen molar-refractivity contribution in [3.8, 4) is 0 Å². The van der Waals surface area contributed by atoms with E-state index in [0.717, 1.165) is 25.4 Å². The van der Waals surface area contributed by atoms with Crippen LogP contribution in [0.1, 0.15) is 23.5 Å². The molecule has 0 aliphatic heterocycles. The normalized spacial score (nSPS) is 13.0. The van der Waals surface area contributed by atoms with Crippen LogP contribution >= 0.6 is 43.2 Å². The molecule has 86 valence electrons. The Kier molecular flexibility index (Phi) is 3.84. The van der Waals surface area contributed by atoms with Gasteiger partial charge in [-0.1, -0.05) is 0 Å². The van der Waals surface area contributed by atoms with Crippen molar-refractivity contribution >= 4 is 43.2 Å². The molecule has 0 radical (unpaired) electrons. The highest BCUT2D eigenvalue weighted by Gasteiger charge is 2.18. The fourth-order valence-corrected chi connectivity index (χ4v) is 3.53. The number of rotatable bonds is 3. The summed E-state index contributed by atoms with van der Waals surface area (Å²) in [6, 6.07) is 3.92. The summed E-state index contributed by atoms with van der Waals surface area (Å²) in [5, 5.41) is 4.27. The molecule has 0 aromatic carbocycles. The molecule has 0 spiro atoms. The summed E-state index contributed by atoms with van der Waals surface area (Å²) in [4.78, 5) is 1.13. The number of halogens is 2. The van der Waals surface area contributed by atoms with Gasteiger partial charge in [-0.05, 0) is 50.9 Å². The van der Waals surface area contributed by atoms with Crippen LogP contribution in [0.3, 0.4) is 0 Å². The van der Waals surface area contributed by atoms with Gasteiger partial charge >= 0.3 is 0 Å². The summed E-state index contributed by atoms with van der Waals surface area (Å²) in [6.07, 6.45) is 1.79. The number of thiophene rings is 1. The van der Waals surface area contributed by atoms with Gasteiger partial charge in [0.05, 0.1) is 26.2 Å². The Labute approximate surface area is 115 Å². The molecular formula is C10H11Br2N3S. The largest absolute Gasteiger partial charge is 0.318 e. The Morgan fingerprint density at radius 3 is 2.81 bits per heavy atom. The standard InChI is InChI=1S/C10H11Br2N3S/c1-2-15-10(6(11)5-14-15)9(13)7-3-4-8(12)16-7/h3-5,9H,2,13H2,1H3. The molecular weight excluding hydrogens is 354 g/mol. The van der Waals surface area contributed by atoms with Crippen LogP contribution in [-0.2, 0) is 6.54 Å². The number of nitrogens with zero attached hydrogens (tertiary/aromatic N) is 2. The van der Waals surface area contributed by atoms with Crippen LogP contribution in [0.5, 0.6) is 0 Å². The molecule has 6 heteroatoms. The second-order valence-corrected chi connectivity index (χ2v) is 6.66. The van der Waals surface area contributed by atoms with E-state index < -0.39 is 0 Å². The Morgan fingerprint density at radius 1 is 1.50 bits per heavy atom. The van der Waals surface area contributed by atoms with E-state index in [2.05, 4.69) is 43.9 Å². The smallest absolute Gasteiger partial charge is 0.0828 e. The van der Waals surface area contributed by atoms with Crippen LogP contribution in [0.15, 0.2) is 26.6 Å². The lowest BCUT2D eigenvalue weighted by atomic mass is 10.2. The molecule has 0 aliphatic rings. The number of hydrogen-bond acceptors (Lipinski definition) is 3. The van der Waals surface area contributed by atoms with Gasteiger partial charge in [-0.25, -0.2) is 0 Å². The van der Waals surface area contributed by atoms with Crippen molar-refractivity contribution in [2.75, 3.05) is 0 Å². The van der Waals surface area contributed by atoms with Crippen LogP contribution in [0.4, 0.5) is 0 Å². The van der Waals surface area contributed by atoms with Crippen molar-refractivity contribution in [2.24, 2.45) is 5.73 Å². The molecule has 0 aliphatic carbocycles. The van der Waals surface area contributed by atoms with Crippen molar-refractivity contribution in [3.05, 3.63) is 37.2 Å². The van der Waals surface area contributed by atoms with E-state index in [1.165, 1.54) is 0 Å². The number of hydrogen-bond donors (Lipinski definition) is 1. The van der Waals surface area contributed by atoms with Crippen LogP contribution in [0, 0.1) is 0 Å². The lowest BCUT2D eigenvalue weighted by Gasteiger charge is -2.12. The monoisotopic (exact) mass is 363 g/mol. The van der Waals surface area contributed by atoms with Crippen LogP contribution in [0.25, 0.3) is 0 Å². The lowest BCUT2D eigenvalue weighted by molar-refractivity contribution is 0.602. The van der Waals surface area contributed by atoms with E-state index in [1.807, 2.05) is 16.8 Å². The number of nitrogens with two attached hydrogens (primary N) is 1. The molecule has 2 N–H and O–H groups in total. The summed E-state index contributed by atoms with van der Waals surface area (Å²) in [5.41, 5.74) is 7.27. The molecule has 2 heterocycles. The average molecular weight is 365 g/mol. The van der Waals surface area contributed by atoms with E-state index in [-0.39, 0.29) is 6.04 Å². The van der Waals surface area contributed by atoms with Gasteiger partial charge in [-0.2, -0.15) is 5.10 Å². The van der Waals surface area contributed by atoms with Crippen molar-refractivity contribution in [1.29, 1.82) is 0 Å². The van der Waals surface area contributed by atoms with E-state index >= 15 is 0 Å². The van der Waals surface area contributed by atoms with E-state index in [4.69, 9.17) is 5.73 Å². The number of aromatic nitrogens is 2. The first kappa shape index (κ1) is 12.3. The van der Waals surface area contributed by atoms with Crippen molar-refractivity contribution in [3.63, 3.8) is 0 Å². The fraction of sp³-hybridized carbons (Fsp3) is 0.300. The Balaban J connectivity index is 2.40. The van der Waals surface area contributed by atoms with Crippen LogP contribution in [0.2, 0.25) is 0 Å². The second kappa shape index (κ2) is 5.00. The summed E-state index contributed by atoms with van der Waals surface area (Å²) < 4.78 is 3.98. The predicted molar refractivity (Wildman–Crippen MR) is 73.7 cm³/mol. The van der Waals surface area contributed by atoms with E-state index in [0.29, 0.717) is 0 Å². The van der Waals surface area contributed by atoms with Crippen molar-refractivity contribution < 1.29 is 0 Å². The molecule has 0 amide bonds. The third-order valence-electron chi connectivity index (χ3n) is 2.33. The maximum atomic E-state index is 6.25. The molecule has 2 aromatic heterocycles. The Hall–Kier alpha value is -0.170. The summed E-state index contributed by atoms with van der Waals surface area (Å²) >= 11 is 8.59. The zero-order valence-electron chi connectivity index (χ0n) is 8.65. The molecule has 3 nitrogen and oxygen atoms in total. The first-order valence-corrected chi connectivity index (χ1v) is 7.25. The third kappa shape index (κ3) is 2.25. The van der Waals surface area contributed by atoms with Crippen molar-refractivity contribution in [2.45, 2.75) is 19.5 Å². The summed E-state index contributed by atoms with van der Waals surface area (Å²) in [5.74, 6) is 0. The highest BCUT2D eigenvalue weighted by Crippen LogP contribution is 2.32. The van der Waals surface area contributed by atoms with E-state index in [9.17, 15) is 0 Å². The highest BCUT2D eigenvalue weighted by molar-refractivity contribution is 9.11. The molecule has 0 saturated heterocycles. The fourth-order valence-electron chi connectivity index (χ4n) is 1.56. The molecule has 0 fully saturated rings. The zero-order valence-corrected chi connectivity index (χ0v) is 12.6. The minimum Gasteiger partial charge on any atom is -0.318 e. The van der Waals surface area contributed by atoms with Gasteiger partial charge in [0.15, 0.2) is 0 Å². The molecule has 0 saturated carbocycles. The molecule has 2 aromatic rings. The van der Waals surface area contributed by atoms with Gasteiger partial charge < -0.3 is 5.73 Å². The molecule has 2 rings (SSSR count). The van der Waals surface area contributed by atoms with Gasteiger partial charge in [0.25, 0.3) is 0 Å². The minimum absolute atomic E-state index is 0.131. The second-order valence-electron chi connectivity index (χ2n) is 3.31. The maximum Gasteiger partial charge on any atom is 0.0828 e. The highest BCUT2D eigenvalue weighted by atomic mass is 79.9. The SMILES string of the molecule is CCn1ncc(Br)c1C(N)c1ccc(Br)s1. The van der Waals surface area contributed by atoms with Gasteiger partial charge in [0, 0.05) is 11.4 Å². The number of aryl methyl sites for hydroxylation is 1. The average Bonchev–Trinajstić information content (AvgIpc) is 2.83. The quantitative estimate of drug-likeness (QED) is 0.905. The summed E-state index contributed by atoms with van der Waals surface area (Å²) in [7, 11) is 0. The van der Waals surface area contributed by atoms with Crippen LogP contribution < -0.4 is 5.73 Å². The summed E-state index contributed by atoms with van der Waals surface area (Å²) in [6.45, 7) is 2.88. The van der Waals surface area contributed by atoms with Gasteiger partial charge in [-0.15, -0.1) is 11.3 Å². The van der Waals surface area contributed by atoms with Gasteiger partial charge in [-0.3, -0.25) is 4.68 Å². The molecule has 0 bridgehead atoms. The van der Waals surface area contributed by atoms with E-state index in [1.54, 1.807) is 17.5 Å². The molecule has 1 atom stereocenters. The van der Waals surface area contributed by atoms with Gasteiger partial charge in [0.1, 0.15) is 0 Å². The molecule has 1 unspecified atom stereocenters. The lowest BCUT2D eigenvalue weighted by Crippen LogP contribution is -2.16. The van der Waals surface area contributed by atoms with Crippen molar-refractivity contribution in [1.82, 2.24) is 9.78 Å². The third-order valence-corrected chi connectivity index (χ3v) is 4.65. The minimum atomic E-state index is -0.131. The first-order chi connectivity index (χ1) is 7.63. The Bertz CT molecular complexity index is 492. The zero-order chi connectivity index (χ0) is 11.7. The predicted octanol–water partition coefficient (Wildman–Crippen LogP) is 3.54. The topological polar surface area (TPSA) is 43.8 Å². The Morgan fingerprint density at radius 2 is 2.25 bits per heavy atom. The van der Waals surface area contributed by atoms with Crippen LogP contribution in [-0.4, -0.2) is 9.78 Å². The first-order valence-electron chi connectivity index (χ1n) is 4.85. The molecule has 16 heavy (non-hydrogen) atoms. The maximum absolute atomic E-state index is 6.25.